The molecular formula is C21H22O10. The van der Waals surface area contributed by atoms with Crippen LogP contribution in [-0.2, 0) is 4.74 Å². The number of benzene rings is 2. The van der Waals surface area contributed by atoms with Crippen molar-refractivity contribution < 1.29 is 49.6 Å². The lowest BCUT2D eigenvalue weighted by atomic mass is 9.93. The van der Waals surface area contributed by atoms with Crippen LogP contribution in [0.4, 0.5) is 0 Å². The second kappa shape index (κ2) is 7.98. The highest BCUT2D eigenvalue weighted by Gasteiger charge is 2.44. The number of ether oxygens (including phenoxy) is 3. The lowest BCUT2D eigenvalue weighted by molar-refractivity contribution is -0.268. The normalized spacial score (nSPS) is 32.8. The third-order valence-corrected chi connectivity index (χ3v) is 5.39. The maximum absolute atomic E-state index is 12.7. The summed E-state index contributed by atoms with van der Waals surface area (Å²) < 4.78 is 16.7. The van der Waals surface area contributed by atoms with E-state index in [-0.39, 0.29) is 22.8 Å². The highest BCUT2D eigenvalue weighted by Crippen LogP contribution is 2.42. The van der Waals surface area contributed by atoms with E-state index in [1.165, 1.54) is 37.3 Å². The topological polar surface area (TPSA) is 166 Å². The van der Waals surface area contributed by atoms with Crippen molar-refractivity contribution >= 4 is 5.78 Å². The smallest absolute Gasteiger partial charge is 0.229 e. The van der Waals surface area contributed by atoms with Crippen molar-refractivity contribution in [2.45, 2.75) is 49.8 Å². The Morgan fingerprint density at radius 1 is 0.935 bits per heavy atom. The van der Waals surface area contributed by atoms with Crippen LogP contribution < -0.4 is 9.47 Å². The first-order chi connectivity index (χ1) is 14.7. The summed E-state index contributed by atoms with van der Waals surface area (Å²) in [4.78, 5) is 12.7. The number of rotatable bonds is 3. The molecule has 2 aliphatic rings. The molecule has 10 heteroatoms. The predicted molar refractivity (Wildman–Crippen MR) is 103 cm³/mol. The molecular weight excluding hydrogens is 412 g/mol. The van der Waals surface area contributed by atoms with Gasteiger partial charge in [0.2, 0.25) is 12.1 Å². The Morgan fingerprint density at radius 3 is 2.29 bits per heavy atom. The Balaban J connectivity index is 1.63. The van der Waals surface area contributed by atoms with Gasteiger partial charge in [0.05, 0.1) is 6.10 Å². The van der Waals surface area contributed by atoms with E-state index in [2.05, 4.69) is 0 Å². The first-order valence-electron chi connectivity index (χ1n) is 9.58. The van der Waals surface area contributed by atoms with E-state index >= 15 is 0 Å². The van der Waals surface area contributed by atoms with E-state index in [0.717, 1.165) is 6.07 Å². The van der Waals surface area contributed by atoms with E-state index in [4.69, 9.17) is 14.2 Å². The van der Waals surface area contributed by atoms with Crippen molar-refractivity contribution in [2.75, 3.05) is 0 Å². The van der Waals surface area contributed by atoms with Crippen molar-refractivity contribution in [3.63, 3.8) is 0 Å². The number of phenols is 2. The van der Waals surface area contributed by atoms with Crippen LogP contribution in [0.3, 0.4) is 0 Å². The van der Waals surface area contributed by atoms with Crippen LogP contribution >= 0.6 is 0 Å². The van der Waals surface area contributed by atoms with Gasteiger partial charge < -0.3 is 44.8 Å². The Morgan fingerprint density at radius 2 is 1.61 bits per heavy atom. The van der Waals surface area contributed by atoms with E-state index in [1.54, 1.807) is 0 Å². The van der Waals surface area contributed by atoms with Gasteiger partial charge in [0.15, 0.2) is 12.2 Å². The van der Waals surface area contributed by atoms with E-state index < -0.39 is 54.4 Å². The number of hydrogen-bond donors (Lipinski definition) is 6. The summed E-state index contributed by atoms with van der Waals surface area (Å²) in [5.74, 6) is -1.38. The minimum absolute atomic E-state index is 0.00156. The molecule has 6 N–H and O–H groups in total. The van der Waals surface area contributed by atoms with Gasteiger partial charge in [0.1, 0.15) is 46.9 Å². The third-order valence-electron chi connectivity index (χ3n) is 5.39. The van der Waals surface area contributed by atoms with Gasteiger partial charge in [-0.25, -0.2) is 0 Å². The van der Waals surface area contributed by atoms with Crippen LogP contribution in [0.2, 0.25) is 0 Å². The highest BCUT2D eigenvalue weighted by molar-refractivity contribution is 6.05. The predicted octanol–water partition coefficient (Wildman–Crippen LogP) is -0.0186. The minimum atomic E-state index is -1.59. The molecule has 1 saturated heterocycles. The fraction of sp³-hybridized carbons (Fsp3) is 0.381. The molecule has 2 aliphatic heterocycles. The zero-order chi connectivity index (χ0) is 22.4. The second-order valence-electron chi connectivity index (χ2n) is 7.55. The largest absolute Gasteiger partial charge is 0.508 e. The molecule has 4 rings (SSSR count). The second-order valence-corrected chi connectivity index (χ2v) is 7.55. The van der Waals surface area contributed by atoms with Gasteiger partial charge in [-0.15, -0.1) is 0 Å². The molecule has 31 heavy (non-hydrogen) atoms. The van der Waals surface area contributed by atoms with Gasteiger partial charge in [-0.2, -0.15) is 0 Å². The molecule has 0 bridgehead atoms. The van der Waals surface area contributed by atoms with Crippen LogP contribution in [0.5, 0.6) is 23.0 Å². The van der Waals surface area contributed by atoms with Crippen LogP contribution in [-0.4, -0.2) is 73.2 Å². The number of fused-ring (bicyclic) bond motifs is 1. The van der Waals surface area contributed by atoms with E-state index in [9.17, 15) is 35.4 Å². The average Bonchev–Trinajstić information content (AvgIpc) is 2.73. The Hall–Kier alpha value is -2.89. The Bertz CT molecular complexity index is 975. The summed E-state index contributed by atoms with van der Waals surface area (Å²) in [6.45, 7) is 1.49. The number of carbonyl (C=O) groups is 1. The molecule has 1 fully saturated rings. The molecule has 0 saturated carbocycles. The number of aliphatic hydroxyl groups is 4. The van der Waals surface area contributed by atoms with Crippen molar-refractivity contribution in [1.82, 2.24) is 0 Å². The maximum Gasteiger partial charge on any atom is 0.229 e. The van der Waals surface area contributed by atoms with Gasteiger partial charge in [-0.3, -0.25) is 4.79 Å². The zero-order valence-corrected chi connectivity index (χ0v) is 16.3. The van der Waals surface area contributed by atoms with Gasteiger partial charge in [-0.05, 0) is 24.6 Å². The maximum atomic E-state index is 12.7. The van der Waals surface area contributed by atoms with Crippen LogP contribution in [0, 0.1) is 0 Å². The molecule has 0 amide bonds. The standard InChI is InChI=1S/C21H22O10/c1-8-15(24)17(26)19(28)21(29-8)30-11-6-12(23)14-13(7-11)31-20(18(27)16(14)25)9-2-4-10(22)5-3-9/h2-8,15,17-24,26-28H,1H3/t8-,15+,17-,18+,19-,20-,21-/m1/s1. The van der Waals surface area contributed by atoms with Crippen molar-refractivity contribution in [3.8, 4) is 23.0 Å². The molecule has 10 nitrogen and oxygen atoms in total. The van der Waals surface area contributed by atoms with Crippen molar-refractivity contribution in [2.24, 2.45) is 0 Å². The first-order valence-corrected chi connectivity index (χ1v) is 9.58. The summed E-state index contributed by atoms with van der Waals surface area (Å²) >= 11 is 0. The SMILES string of the molecule is C[C@H]1O[C@H](Oc2cc(O)c3c(c2)O[C@H](c2ccc(O)cc2)[C@@H](O)C3=O)[C@H](O)[C@H](O)[C@H]1O. The molecule has 2 aromatic rings. The lowest BCUT2D eigenvalue weighted by Gasteiger charge is -2.39. The Kier molecular flexibility index (Phi) is 5.50. The number of phenolic OH excluding ortho intramolecular Hbond substituents is 2. The third kappa shape index (κ3) is 3.80. The van der Waals surface area contributed by atoms with Gasteiger partial charge in [0.25, 0.3) is 0 Å². The van der Waals surface area contributed by atoms with Crippen LogP contribution in [0.15, 0.2) is 36.4 Å². The monoisotopic (exact) mass is 434 g/mol. The fourth-order valence-corrected chi connectivity index (χ4v) is 3.63. The number of carbonyl (C=O) groups excluding carboxylic acids is 1. The van der Waals surface area contributed by atoms with E-state index in [1.807, 2.05) is 0 Å². The molecule has 2 heterocycles. The quantitative estimate of drug-likeness (QED) is 0.386. The van der Waals surface area contributed by atoms with Gasteiger partial charge >= 0.3 is 0 Å². The van der Waals surface area contributed by atoms with Crippen LogP contribution in [0.25, 0.3) is 0 Å². The molecule has 0 radical (unpaired) electrons. The van der Waals surface area contributed by atoms with Crippen molar-refractivity contribution in [3.05, 3.63) is 47.5 Å². The summed E-state index contributed by atoms with van der Waals surface area (Å²) in [5, 5.41) is 60.0. The molecule has 0 aliphatic carbocycles. The number of Topliss-reactive ketones (excluding diaryl/α,β-unsaturated/α-hetero) is 1. The van der Waals surface area contributed by atoms with Crippen molar-refractivity contribution in [1.29, 1.82) is 0 Å². The summed E-state index contributed by atoms with van der Waals surface area (Å²) in [6.07, 6.45) is -9.25. The van der Waals surface area contributed by atoms with E-state index in [0.29, 0.717) is 5.56 Å². The fourth-order valence-electron chi connectivity index (χ4n) is 3.63. The van der Waals surface area contributed by atoms with Crippen LogP contribution in [0.1, 0.15) is 28.9 Å². The minimum Gasteiger partial charge on any atom is -0.508 e. The molecule has 7 atom stereocenters. The summed E-state index contributed by atoms with van der Waals surface area (Å²) in [6, 6.07) is 8.11. The van der Waals surface area contributed by atoms with Gasteiger partial charge in [0, 0.05) is 12.1 Å². The number of ketones is 1. The zero-order valence-electron chi connectivity index (χ0n) is 16.3. The first kappa shape index (κ1) is 21.3. The molecule has 0 spiro atoms. The molecule has 0 aromatic heterocycles. The lowest BCUT2D eigenvalue weighted by Crippen LogP contribution is -2.58. The molecule has 0 unspecified atom stereocenters. The Labute approximate surface area is 176 Å². The molecule has 166 valence electrons. The average molecular weight is 434 g/mol. The molecule has 2 aromatic carbocycles. The summed E-state index contributed by atoms with van der Waals surface area (Å²) in [7, 11) is 0. The van der Waals surface area contributed by atoms with Gasteiger partial charge in [-0.1, -0.05) is 12.1 Å². The highest BCUT2D eigenvalue weighted by atomic mass is 16.7. The number of aliphatic hydroxyl groups excluding tert-OH is 4. The number of hydrogen-bond acceptors (Lipinski definition) is 10. The number of aromatic hydroxyl groups is 2. The summed E-state index contributed by atoms with van der Waals surface area (Å²) in [5.41, 5.74) is 0.191.